The first-order valence-corrected chi connectivity index (χ1v) is 5.95. The molecule has 1 aromatic carbocycles. The average Bonchev–Trinajstić information content (AvgIpc) is 2.30. The highest BCUT2D eigenvalue weighted by atomic mass is 16.4. The lowest BCUT2D eigenvalue weighted by atomic mass is 9.79. The van der Waals surface area contributed by atoms with Gasteiger partial charge in [0.05, 0.1) is 5.41 Å². The Morgan fingerprint density at radius 1 is 1.35 bits per heavy atom. The number of carboxylic acid groups (broad SMARTS) is 1. The van der Waals surface area contributed by atoms with Crippen molar-refractivity contribution in [3.8, 4) is 0 Å². The fraction of sp³-hybridized carbons (Fsp3) is 0.500. The second-order valence-electron chi connectivity index (χ2n) is 4.74. The van der Waals surface area contributed by atoms with Gasteiger partial charge in [-0.1, -0.05) is 25.1 Å². The van der Waals surface area contributed by atoms with Crippen molar-refractivity contribution in [2.45, 2.75) is 33.6 Å². The first-order chi connectivity index (χ1) is 7.95. The van der Waals surface area contributed by atoms with Crippen LogP contribution in [0.25, 0.3) is 0 Å². The van der Waals surface area contributed by atoms with Gasteiger partial charge in [-0.25, -0.2) is 0 Å². The van der Waals surface area contributed by atoms with Crippen LogP contribution in [0.4, 0.5) is 0 Å². The zero-order valence-electron chi connectivity index (χ0n) is 10.8. The summed E-state index contributed by atoms with van der Waals surface area (Å²) >= 11 is 0. The largest absolute Gasteiger partial charge is 0.481 e. The second kappa shape index (κ2) is 5.32. The van der Waals surface area contributed by atoms with Crippen molar-refractivity contribution in [1.29, 1.82) is 0 Å². The Kier molecular flexibility index (Phi) is 4.29. The van der Waals surface area contributed by atoms with Crippen molar-refractivity contribution in [3.63, 3.8) is 0 Å². The lowest BCUT2D eigenvalue weighted by molar-refractivity contribution is -0.148. The van der Waals surface area contributed by atoms with Crippen LogP contribution in [0.5, 0.6) is 0 Å². The molecule has 1 atom stereocenters. The lowest BCUT2D eigenvalue weighted by Gasteiger charge is -2.26. The fourth-order valence-corrected chi connectivity index (χ4v) is 1.96. The molecule has 94 valence electrons. The van der Waals surface area contributed by atoms with Crippen molar-refractivity contribution >= 4 is 5.97 Å². The Morgan fingerprint density at radius 3 is 2.41 bits per heavy atom. The molecule has 0 radical (unpaired) electrons. The van der Waals surface area contributed by atoms with Crippen LogP contribution in [0.2, 0.25) is 0 Å². The number of rotatable bonds is 5. The van der Waals surface area contributed by atoms with Gasteiger partial charge >= 0.3 is 5.97 Å². The molecule has 3 N–H and O–H groups in total. The Morgan fingerprint density at radius 2 is 2.00 bits per heavy atom. The number of aryl methyl sites for hydroxylation is 2. The van der Waals surface area contributed by atoms with Gasteiger partial charge in [-0.2, -0.15) is 0 Å². The Hall–Kier alpha value is -1.35. The van der Waals surface area contributed by atoms with Crippen LogP contribution in [0.1, 0.15) is 30.0 Å². The highest BCUT2D eigenvalue weighted by Crippen LogP contribution is 2.27. The van der Waals surface area contributed by atoms with E-state index in [0.29, 0.717) is 12.8 Å². The molecule has 0 spiro atoms. The molecule has 0 saturated carbocycles. The van der Waals surface area contributed by atoms with E-state index in [0.717, 1.165) is 5.56 Å². The average molecular weight is 235 g/mol. The maximum absolute atomic E-state index is 11.4. The summed E-state index contributed by atoms with van der Waals surface area (Å²) < 4.78 is 0. The SMILES string of the molecule is CCC(CN)(Cc1ccc(C)c(C)c1)C(=O)O. The number of hydrogen-bond acceptors (Lipinski definition) is 2. The molecule has 0 saturated heterocycles. The van der Waals surface area contributed by atoms with Crippen LogP contribution in [-0.2, 0) is 11.2 Å². The third-order valence-electron chi connectivity index (χ3n) is 3.64. The highest BCUT2D eigenvalue weighted by molar-refractivity contribution is 5.75. The predicted molar refractivity (Wildman–Crippen MR) is 69.0 cm³/mol. The third kappa shape index (κ3) is 2.86. The zero-order valence-corrected chi connectivity index (χ0v) is 10.8. The summed E-state index contributed by atoms with van der Waals surface area (Å²) in [5.74, 6) is -0.805. The maximum Gasteiger partial charge on any atom is 0.311 e. The van der Waals surface area contributed by atoms with E-state index >= 15 is 0 Å². The van der Waals surface area contributed by atoms with Crippen molar-refractivity contribution in [3.05, 3.63) is 34.9 Å². The van der Waals surface area contributed by atoms with Gasteiger partial charge in [0.25, 0.3) is 0 Å². The van der Waals surface area contributed by atoms with Gasteiger partial charge in [-0.3, -0.25) is 4.79 Å². The summed E-state index contributed by atoms with van der Waals surface area (Å²) in [6, 6.07) is 6.08. The van der Waals surface area contributed by atoms with Crippen LogP contribution >= 0.6 is 0 Å². The summed E-state index contributed by atoms with van der Waals surface area (Å²) in [5, 5.41) is 9.33. The quantitative estimate of drug-likeness (QED) is 0.823. The summed E-state index contributed by atoms with van der Waals surface area (Å²) in [7, 11) is 0. The van der Waals surface area contributed by atoms with Crippen LogP contribution in [-0.4, -0.2) is 17.6 Å². The van der Waals surface area contributed by atoms with E-state index < -0.39 is 11.4 Å². The third-order valence-corrected chi connectivity index (χ3v) is 3.64. The van der Waals surface area contributed by atoms with Crippen molar-refractivity contribution < 1.29 is 9.90 Å². The van der Waals surface area contributed by atoms with E-state index in [1.54, 1.807) is 0 Å². The van der Waals surface area contributed by atoms with Crippen LogP contribution in [0, 0.1) is 19.3 Å². The van der Waals surface area contributed by atoms with E-state index in [2.05, 4.69) is 6.07 Å². The number of carboxylic acids is 1. The smallest absolute Gasteiger partial charge is 0.311 e. The van der Waals surface area contributed by atoms with E-state index in [1.807, 2.05) is 32.9 Å². The lowest BCUT2D eigenvalue weighted by Crippen LogP contribution is -2.40. The van der Waals surface area contributed by atoms with Gasteiger partial charge in [0, 0.05) is 6.54 Å². The minimum Gasteiger partial charge on any atom is -0.481 e. The standard InChI is InChI=1S/C14H21NO2/c1-4-14(9-15,13(16)17)8-12-6-5-10(2)11(3)7-12/h5-7H,4,8-9,15H2,1-3H3,(H,16,17). The van der Waals surface area contributed by atoms with Gasteiger partial charge in [0.2, 0.25) is 0 Å². The molecular formula is C14H21NO2. The summed E-state index contributed by atoms with van der Waals surface area (Å²) in [6.07, 6.45) is 1.04. The molecule has 0 amide bonds. The van der Waals surface area contributed by atoms with E-state index in [4.69, 9.17) is 5.73 Å². The van der Waals surface area contributed by atoms with E-state index in [1.165, 1.54) is 11.1 Å². The molecule has 1 unspecified atom stereocenters. The summed E-state index contributed by atoms with van der Waals surface area (Å²) in [4.78, 5) is 11.4. The van der Waals surface area contributed by atoms with Gasteiger partial charge < -0.3 is 10.8 Å². The summed E-state index contributed by atoms with van der Waals surface area (Å²) in [5.41, 5.74) is 8.28. The number of nitrogens with two attached hydrogens (primary N) is 1. The molecule has 0 heterocycles. The van der Waals surface area contributed by atoms with Gasteiger partial charge in [-0.15, -0.1) is 0 Å². The topological polar surface area (TPSA) is 63.3 Å². The predicted octanol–water partition coefficient (Wildman–Crippen LogP) is 2.29. The molecule has 3 heteroatoms. The highest BCUT2D eigenvalue weighted by Gasteiger charge is 2.35. The van der Waals surface area contributed by atoms with Crippen molar-refractivity contribution in [1.82, 2.24) is 0 Å². The number of hydrogen-bond donors (Lipinski definition) is 2. The van der Waals surface area contributed by atoms with Crippen molar-refractivity contribution in [2.75, 3.05) is 6.54 Å². The van der Waals surface area contributed by atoms with Crippen LogP contribution < -0.4 is 5.73 Å². The molecular weight excluding hydrogens is 214 g/mol. The number of benzene rings is 1. The Bertz CT molecular complexity index is 409. The first kappa shape index (κ1) is 13.7. The zero-order chi connectivity index (χ0) is 13.1. The molecule has 1 aromatic rings. The van der Waals surface area contributed by atoms with Crippen LogP contribution in [0.3, 0.4) is 0 Å². The summed E-state index contributed by atoms with van der Waals surface area (Å²) in [6.45, 7) is 6.13. The number of aliphatic carboxylic acids is 1. The maximum atomic E-state index is 11.4. The van der Waals surface area contributed by atoms with Gasteiger partial charge in [-0.05, 0) is 43.4 Å². The molecule has 1 rings (SSSR count). The molecule has 0 aliphatic heterocycles. The van der Waals surface area contributed by atoms with Gasteiger partial charge in [0.1, 0.15) is 0 Å². The molecule has 0 fully saturated rings. The van der Waals surface area contributed by atoms with Crippen molar-refractivity contribution in [2.24, 2.45) is 11.1 Å². The minimum absolute atomic E-state index is 0.172. The number of carbonyl (C=O) groups is 1. The first-order valence-electron chi connectivity index (χ1n) is 5.95. The minimum atomic E-state index is -0.832. The van der Waals surface area contributed by atoms with Crippen LogP contribution in [0.15, 0.2) is 18.2 Å². The molecule has 17 heavy (non-hydrogen) atoms. The fourth-order valence-electron chi connectivity index (χ4n) is 1.96. The molecule has 3 nitrogen and oxygen atoms in total. The molecule has 0 aliphatic carbocycles. The molecule has 0 aromatic heterocycles. The Balaban J connectivity index is 3.01. The van der Waals surface area contributed by atoms with E-state index in [9.17, 15) is 9.90 Å². The monoisotopic (exact) mass is 235 g/mol. The molecule has 0 bridgehead atoms. The normalized spacial score (nSPS) is 14.4. The van der Waals surface area contributed by atoms with E-state index in [-0.39, 0.29) is 6.54 Å². The molecule has 0 aliphatic rings. The van der Waals surface area contributed by atoms with Gasteiger partial charge in [0.15, 0.2) is 0 Å². The Labute approximate surface area is 103 Å². The second-order valence-corrected chi connectivity index (χ2v) is 4.74.